The molecule has 1 heterocycles. The first-order valence-electron chi connectivity index (χ1n) is 9.20. The van der Waals surface area contributed by atoms with E-state index < -0.39 is 0 Å². The van der Waals surface area contributed by atoms with E-state index in [2.05, 4.69) is 61.6 Å². The average molecular weight is 326 g/mol. The summed E-state index contributed by atoms with van der Waals surface area (Å²) in [5, 5.41) is 0. The minimum Gasteiger partial charge on any atom is -0.493 e. The van der Waals surface area contributed by atoms with E-state index in [9.17, 15) is 0 Å². The predicted octanol–water partition coefficient (Wildman–Crippen LogP) is 0.460. The Kier molecular flexibility index (Phi) is 6.27. The van der Waals surface area contributed by atoms with Crippen molar-refractivity contribution >= 4 is 0 Å². The van der Waals surface area contributed by atoms with Gasteiger partial charge in [0.1, 0.15) is 31.9 Å². The summed E-state index contributed by atoms with van der Waals surface area (Å²) in [6.45, 7) is 7.28. The van der Waals surface area contributed by atoms with E-state index in [-0.39, 0.29) is 0 Å². The molecule has 0 bridgehead atoms. The van der Waals surface area contributed by atoms with E-state index in [0.29, 0.717) is 0 Å². The fraction of sp³-hybridized carbons (Fsp3) is 0.429. The van der Waals surface area contributed by atoms with E-state index >= 15 is 0 Å². The van der Waals surface area contributed by atoms with Gasteiger partial charge in [-0.1, -0.05) is 42.5 Å². The molecule has 1 fully saturated rings. The largest absolute Gasteiger partial charge is 0.493 e. The molecule has 0 radical (unpaired) electrons. The topological polar surface area (TPSA) is 18.1 Å². The van der Waals surface area contributed by atoms with Gasteiger partial charge in [-0.25, -0.2) is 0 Å². The normalized spacial score (nSPS) is 20.7. The highest BCUT2D eigenvalue weighted by Gasteiger charge is 2.18. The summed E-state index contributed by atoms with van der Waals surface area (Å²) in [7, 11) is 2.29. The van der Waals surface area contributed by atoms with Crippen LogP contribution in [0.1, 0.15) is 17.5 Å². The zero-order valence-corrected chi connectivity index (χ0v) is 14.8. The number of piperazine rings is 1. The molecule has 0 aromatic heterocycles. The number of hydrogen-bond acceptors (Lipinski definition) is 1. The van der Waals surface area contributed by atoms with Crippen molar-refractivity contribution in [2.45, 2.75) is 12.8 Å². The maximum Gasteiger partial charge on any atom is 0.127 e. The van der Waals surface area contributed by atoms with Gasteiger partial charge in [0, 0.05) is 6.42 Å². The van der Waals surface area contributed by atoms with Gasteiger partial charge < -0.3 is 14.5 Å². The third kappa shape index (κ3) is 5.36. The van der Waals surface area contributed by atoms with E-state index in [1.807, 2.05) is 0 Å². The Bertz CT molecular complexity index is 589. The van der Waals surface area contributed by atoms with Crippen LogP contribution in [-0.2, 0) is 6.42 Å². The van der Waals surface area contributed by atoms with Gasteiger partial charge in [-0.15, -0.1) is 0 Å². The van der Waals surface area contributed by atoms with Crippen LogP contribution in [0.25, 0.3) is 0 Å². The number of rotatable bonds is 7. The first-order valence-corrected chi connectivity index (χ1v) is 9.20. The van der Waals surface area contributed by atoms with E-state index in [0.717, 1.165) is 25.2 Å². The van der Waals surface area contributed by atoms with Gasteiger partial charge in [0.2, 0.25) is 0 Å². The second-order valence-corrected chi connectivity index (χ2v) is 6.97. The molecule has 0 atom stereocenters. The minimum absolute atomic E-state index is 0.824. The molecule has 2 aromatic rings. The summed E-state index contributed by atoms with van der Waals surface area (Å²) in [5.74, 6) is 0.990. The lowest BCUT2D eigenvalue weighted by atomic mass is 10.1. The van der Waals surface area contributed by atoms with E-state index in [4.69, 9.17) is 4.74 Å². The van der Waals surface area contributed by atoms with Crippen molar-refractivity contribution in [2.24, 2.45) is 0 Å². The van der Waals surface area contributed by atoms with E-state index in [1.165, 1.54) is 43.9 Å². The summed E-state index contributed by atoms with van der Waals surface area (Å²) < 4.78 is 5.90. The van der Waals surface area contributed by atoms with Crippen LogP contribution in [0.4, 0.5) is 0 Å². The van der Waals surface area contributed by atoms with Crippen LogP contribution in [0.15, 0.2) is 54.6 Å². The van der Waals surface area contributed by atoms with Gasteiger partial charge in [0.25, 0.3) is 0 Å². The predicted molar refractivity (Wildman–Crippen MR) is 98.0 cm³/mol. The molecule has 0 unspecified atom stereocenters. The third-order valence-electron chi connectivity index (χ3n) is 4.93. The van der Waals surface area contributed by atoms with E-state index in [1.54, 1.807) is 9.80 Å². The average Bonchev–Trinajstić information content (AvgIpc) is 2.62. The smallest absolute Gasteiger partial charge is 0.127 e. The molecule has 0 spiro atoms. The van der Waals surface area contributed by atoms with Crippen molar-refractivity contribution in [3.63, 3.8) is 0 Å². The second-order valence-electron chi connectivity index (χ2n) is 6.97. The SMILES string of the molecule is C[NH+]1CC[NH+](CCCOc2ccc(Cc3ccccc3)cc2)CC1. The Morgan fingerprint density at radius 1 is 0.833 bits per heavy atom. The van der Waals surface area contributed by atoms with Crippen LogP contribution >= 0.6 is 0 Å². The first kappa shape index (κ1) is 17.0. The van der Waals surface area contributed by atoms with Crippen LogP contribution in [-0.4, -0.2) is 46.4 Å². The summed E-state index contributed by atoms with van der Waals surface area (Å²) in [5.41, 5.74) is 2.68. The lowest BCUT2D eigenvalue weighted by molar-refractivity contribution is -1.00. The molecule has 0 aliphatic carbocycles. The second kappa shape index (κ2) is 8.86. The molecule has 3 nitrogen and oxygen atoms in total. The van der Waals surface area contributed by atoms with Gasteiger partial charge in [0.05, 0.1) is 20.2 Å². The summed E-state index contributed by atoms with van der Waals surface area (Å²) >= 11 is 0. The molecule has 128 valence electrons. The van der Waals surface area contributed by atoms with Crippen LogP contribution in [0.3, 0.4) is 0 Å². The van der Waals surface area contributed by atoms with Crippen LogP contribution in [0, 0.1) is 0 Å². The molecular weight excluding hydrogens is 296 g/mol. The van der Waals surface area contributed by atoms with Crippen molar-refractivity contribution in [3.8, 4) is 5.75 Å². The highest BCUT2D eigenvalue weighted by molar-refractivity contribution is 5.31. The number of nitrogens with one attached hydrogen (secondary N) is 2. The first-order chi connectivity index (χ1) is 11.8. The molecule has 24 heavy (non-hydrogen) atoms. The maximum absolute atomic E-state index is 5.90. The molecule has 0 saturated carbocycles. The Hall–Kier alpha value is -1.84. The molecule has 0 amide bonds. The third-order valence-corrected chi connectivity index (χ3v) is 4.93. The van der Waals surface area contributed by atoms with Gasteiger partial charge in [0.15, 0.2) is 0 Å². The molecular formula is C21H30N2O+2. The molecule has 1 aliphatic heterocycles. The lowest BCUT2D eigenvalue weighted by Gasteiger charge is -2.27. The standard InChI is InChI=1S/C21H28N2O/c1-22-13-15-23(16-14-22)12-5-17-24-21-10-8-20(9-11-21)18-19-6-3-2-4-7-19/h2-4,6-11H,5,12-18H2,1H3/p+2. The molecule has 1 aliphatic rings. The fourth-order valence-electron chi connectivity index (χ4n) is 3.33. The highest BCUT2D eigenvalue weighted by atomic mass is 16.5. The zero-order chi connectivity index (χ0) is 16.6. The van der Waals surface area contributed by atoms with Gasteiger partial charge in [-0.2, -0.15) is 0 Å². The zero-order valence-electron chi connectivity index (χ0n) is 14.8. The Morgan fingerprint density at radius 2 is 1.50 bits per heavy atom. The molecule has 1 saturated heterocycles. The lowest BCUT2D eigenvalue weighted by Crippen LogP contribution is -3.27. The number of hydrogen-bond donors (Lipinski definition) is 2. The summed E-state index contributed by atoms with van der Waals surface area (Å²) in [6.07, 6.45) is 2.12. The number of quaternary nitrogens is 2. The van der Waals surface area contributed by atoms with Crippen LogP contribution in [0.5, 0.6) is 5.75 Å². The molecule has 2 N–H and O–H groups in total. The minimum atomic E-state index is 0.824. The summed E-state index contributed by atoms with van der Waals surface area (Å²) in [4.78, 5) is 3.41. The number of benzene rings is 2. The fourth-order valence-corrected chi connectivity index (χ4v) is 3.33. The van der Waals surface area contributed by atoms with Crippen LogP contribution in [0.2, 0.25) is 0 Å². The quantitative estimate of drug-likeness (QED) is 0.708. The number of likely N-dealkylation sites (N-methyl/N-ethyl adjacent to an activating group) is 1. The van der Waals surface area contributed by atoms with Gasteiger partial charge in [-0.3, -0.25) is 0 Å². The summed E-state index contributed by atoms with van der Waals surface area (Å²) in [6, 6.07) is 19.2. The maximum atomic E-state index is 5.90. The van der Waals surface area contributed by atoms with Crippen molar-refractivity contribution < 1.29 is 14.5 Å². The molecule has 3 rings (SSSR count). The molecule has 3 heteroatoms. The Balaban J connectivity index is 1.37. The van der Waals surface area contributed by atoms with Gasteiger partial charge >= 0.3 is 0 Å². The van der Waals surface area contributed by atoms with Crippen molar-refractivity contribution in [1.29, 1.82) is 0 Å². The number of ether oxygens (including phenoxy) is 1. The monoisotopic (exact) mass is 326 g/mol. The van der Waals surface area contributed by atoms with Gasteiger partial charge in [-0.05, 0) is 29.7 Å². The van der Waals surface area contributed by atoms with Crippen molar-refractivity contribution in [3.05, 3.63) is 65.7 Å². The van der Waals surface area contributed by atoms with Crippen molar-refractivity contribution in [1.82, 2.24) is 0 Å². The molecule has 2 aromatic carbocycles. The Morgan fingerprint density at radius 3 is 2.21 bits per heavy atom. The Labute approximate surface area is 145 Å². The highest BCUT2D eigenvalue weighted by Crippen LogP contribution is 2.15. The van der Waals surface area contributed by atoms with Crippen LogP contribution < -0.4 is 14.5 Å². The van der Waals surface area contributed by atoms with Crippen molar-refractivity contribution in [2.75, 3.05) is 46.4 Å².